The van der Waals surface area contributed by atoms with E-state index in [0.717, 1.165) is 12.3 Å². The van der Waals surface area contributed by atoms with Crippen molar-refractivity contribution in [3.8, 4) is 0 Å². The molecule has 0 aliphatic carbocycles. The molecule has 1 aliphatic rings. The van der Waals surface area contributed by atoms with Gasteiger partial charge in [0.05, 0.1) is 19.3 Å². The number of pyridine rings is 1. The highest BCUT2D eigenvalue weighted by Gasteiger charge is 2.27. The van der Waals surface area contributed by atoms with E-state index in [1.807, 2.05) is 0 Å². The Kier molecular flexibility index (Phi) is 2.92. The number of hydrogen-bond acceptors (Lipinski definition) is 5. The van der Waals surface area contributed by atoms with Gasteiger partial charge in [-0.1, -0.05) is 0 Å². The fraction of sp³-hybridized carbons (Fsp3) is 0.200. The molecule has 0 aromatic carbocycles. The minimum absolute atomic E-state index is 0.105. The van der Waals surface area contributed by atoms with Gasteiger partial charge in [-0.25, -0.2) is 14.2 Å². The number of anilines is 1. The molecule has 0 radical (unpaired) electrons. The number of piperazine rings is 1. The van der Waals surface area contributed by atoms with Gasteiger partial charge in [0.1, 0.15) is 17.2 Å². The van der Waals surface area contributed by atoms with Crippen LogP contribution < -0.4 is 10.2 Å². The molecule has 1 aromatic rings. The topological polar surface area (TPSA) is 99.6 Å². The van der Waals surface area contributed by atoms with Crippen molar-refractivity contribution in [3.63, 3.8) is 0 Å². The van der Waals surface area contributed by atoms with Crippen LogP contribution in [0.4, 0.5) is 10.2 Å². The number of amides is 2. The van der Waals surface area contributed by atoms with E-state index in [4.69, 9.17) is 5.11 Å². The summed E-state index contributed by atoms with van der Waals surface area (Å²) in [5.74, 6) is -3.41. The zero-order valence-corrected chi connectivity index (χ0v) is 9.01. The molecule has 1 fully saturated rings. The van der Waals surface area contributed by atoms with Crippen molar-refractivity contribution in [3.05, 3.63) is 23.6 Å². The molecular weight excluding hydrogens is 245 g/mol. The van der Waals surface area contributed by atoms with Gasteiger partial charge in [0.25, 0.3) is 0 Å². The third kappa shape index (κ3) is 2.26. The Bertz CT molecular complexity index is 530. The van der Waals surface area contributed by atoms with Crippen LogP contribution in [0.2, 0.25) is 0 Å². The van der Waals surface area contributed by atoms with Crippen molar-refractivity contribution in [2.24, 2.45) is 0 Å². The van der Waals surface area contributed by atoms with Gasteiger partial charge >= 0.3 is 5.97 Å². The molecule has 94 valence electrons. The summed E-state index contributed by atoms with van der Waals surface area (Å²) in [5, 5.41) is 11.0. The Morgan fingerprint density at radius 1 is 1.39 bits per heavy atom. The summed E-state index contributed by atoms with van der Waals surface area (Å²) in [4.78, 5) is 38.1. The van der Waals surface area contributed by atoms with Gasteiger partial charge in [0, 0.05) is 0 Å². The van der Waals surface area contributed by atoms with Crippen molar-refractivity contribution >= 4 is 23.6 Å². The largest absolute Gasteiger partial charge is 0.478 e. The van der Waals surface area contributed by atoms with Crippen LogP contribution in [-0.4, -0.2) is 41.0 Å². The molecule has 0 atom stereocenters. The van der Waals surface area contributed by atoms with Gasteiger partial charge in [-0.3, -0.25) is 14.9 Å². The average Bonchev–Trinajstić information content (AvgIpc) is 2.27. The molecule has 1 aromatic heterocycles. The van der Waals surface area contributed by atoms with E-state index in [1.165, 1.54) is 4.90 Å². The number of carbonyl (C=O) groups excluding carboxylic acids is 2. The average molecular weight is 253 g/mol. The Morgan fingerprint density at radius 2 is 2.00 bits per heavy atom. The van der Waals surface area contributed by atoms with E-state index in [0.29, 0.717) is 0 Å². The van der Waals surface area contributed by atoms with Crippen LogP contribution in [-0.2, 0) is 9.59 Å². The maximum Gasteiger partial charge on any atom is 0.339 e. The van der Waals surface area contributed by atoms with Crippen LogP contribution in [0.25, 0.3) is 0 Å². The second-order valence-corrected chi connectivity index (χ2v) is 3.66. The Hall–Kier alpha value is -2.51. The molecule has 2 heterocycles. The Morgan fingerprint density at radius 3 is 2.56 bits per heavy atom. The maximum atomic E-state index is 12.9. The monoisotopic (exact) mass is 253 g/mol. The SMILES string of the molecule is O=C1CN(c2ncc(F)cc2C(=O)O)CC(=O)N1. The molecule has 1 saturated heterocycles. The zero-order chi connectivity index (χ0) is 13.3. The van der Waals surface area contributed by atoms with Crippen molar-refractivity contribution in [1.29, 1.82) is 0 Å². The molecule has 0 saturated carbocycles. The number of aromatic nitrogens is 1. The third-order valence-electron chi connectivity index (χ3n) is 2.31. The molecule has 0 spiro atoms. The molecule has 0 bridgehead atoms. The van der Waals surface area contributed by atoms with Crippen molar-refractivity contribution in [2.75, 3.05) is 18.0 Å². The highest BCUT2D eigenvalue weighted by molar-refractivity contribution is 6.04. The Balaban J connectivity index is 2.41. The van der Waals surface area contributed by atoms with E-state index in [9.17, 15) is 18.8 Å². The minimum atomic E-state index is -1.38. The number of carbonyl (C=O) groups is 3. The summed E-state index contributed by atoms with van der Waals surface area (Å²) in [6.45, 7) is -0.407. The molecular formula is C10H8FN3O4. The zero-order valence-electron chi connectivity index (χ0n) is 9.01. The van der Waals surface area contributed by atoms with Gasteiger partial charge in [-0.15, -0.1) is 0 Å². The highest BCUT2D eigenvalue weighted by Crippen LogP contribution is 2.19. The lowest BCUT2D eigenvalue weighted by Gasteiger charge is -2.27. The van der Waals surface area contributed by atoms with E-state index >= 15 is 0 Å². The summed E-state index contributed by atoms with van der Waals surface area (Å²) in [6, 6.07) is 0.793. The normalized spacial score (nSPS) is 15.5. The van der Waals surface area contributed by atoms with E-state index < -0.39 is 29.2 Å². The summed E-state index contributed by atoms with van der Waals surface area (Å²) >= 11 is 0. The summed E-state index contributed by atoms with van der Waals surface area (Å²) in [6.07, 6.45) is 0.832. The summed E-state index contributed by atoms with van der Waals surface area (Å²) in [5.41, 5.74) is -0.391. The lowest BCUT2D eigenvalue weighted by atomic mass is 10.2. The number of carboxylic acids is 1. The van der Waals surface area contributed by atoms with Crippen LogP contribution in [0.5, 0.6) is 0 Å². The fourth-order valence-electron chi connectivity index (χ4n) is 1.63. The van der Waals surface area contributed by atoms with Crippen molar-refractivity contribution in [2.45, 2.75) is 0 Å². The van der Waals surface area contributed by atoms with Crippen LogP contribution in [0.3, 0.4) is 0 Å². The van der Waals surface area contributed by atoms with E-state index in [2.05, 4.69) is 10.3 Å². The third-order valence-corrected chi connectivity index (χ3v) is 2.31. The molecule has 0 unspecified atom stereocenters. The first-order chi connectivity index (χ1) is 8.47. The first-order valence-corrected chi connectivity index (χ1v) is 4.94. The Labute approximate surface area is 100 Å². The molecule has 2 rings (SSSR count). The van der Waals surface area contributed by atoms with Gasteiger partial charge in [-0.2, -0.15) is 0 Å². The maximum absolute atomic E-state index is 12.9. The first-order valence-electron chi connectivity index (χ1n) is 4.94. The second-order valence-electron chi connectivity index (χ2n) is 3.66. The molecule has 2 amide bonds. The highest BCUT2D eigenvalue weighted by atomic mass is 19.1. The van der Waals surface area contributed by atoms with E-state index in [-0.39, 0.29) is 18.9 Å². The predicted molar refractivity (Wildman–Crippen MR) is 56.5 cm³/mol. The predicted octanol–water partition coefficient (Wildman–Crippen LogP) is -0.618. The van der Waals surface area contributed by atoms with Crippen molar-refractivity contribution in [1.82, 2.24) is 10.3 Å². The number of nitrogens with zero attached hydrogens (tertiary/aromatic N) is 2. The van der Waals surface area contributed by atoms with Crippen LogP contribution >= 0.6 is 0 Å². The quantitative estimate of drug-likeness (QED) is 0.681. The van der Waals surface area contributed by atoms with Gasteiger partial charge in [-0.05, 0) is 6.07 Å². The number of carboxylic acid groups (broad SMARTS) is 1. The van der Waals surface area contributed by atoms with E-state index in [1.54, 1.807) is 0 Å². The van der Waals surface area contributed by atoms with Crippen LogP contribution in [0.15, 0.2) is 12.3 Å². The number of aromatic carboxylic acids is 1. The lowest BCUT2D eigenvalue weighted by molar-refractivity contribution is -0.130. The summed E-state index contributed by atoms with van der Waals surface area (Å²) < 4.78 is 12.9. The molecule has 1 aliphatic heterocycles. The fourth-order valence-corrected chi connectivity index (χ4v) is 1.63. The smallest absolute Gasteiger partial charge is 0.339 e. The molecule has 2 N–H and O–H groups in total. The molecule has 8 heteroatoms. The number of imide groups is 1. The minimum Gasteiger partial charge on any atom is -0.478 e. The molecule has 7 nitrogen and oxygen atoms in total. The number of hydrogen-bond donors (Lipinski definition) is 2. The number of rotatable bonds is 2. The molecule has 18 heavy (non-hydrogen) atoms. The standard InChI is InChI=1S/C10H8FN3O4/c11-5-1-6(10(17)18)9(12-2-5)14-3-7(15)13-8(16)4-14/h1-2H,3-4H2,(H,17,18)(H,13,15,16). The number of nitrogens with one attached hydrogen (secondary N) is 1. The second kappa shape index (κ2) is 4.40. The number of halogens is 1. The van der Waals surface area contributed by atoms with Gasteiger partial charge < -0.3 is 10.0 Å². The van der Waals surface area contributed by atoms with Crippen LogP contribution in [0, 0.1) is 5.82 Å². The first kappa shape index (κ1) is 12.0. The lowest BCUT2D eigenvalue weighted by Crippen LogP contribution is -2.52. The van der Waals surface area contributed by atoms with Gasteiger partial charge in [0.2, 0.25) is 11.8 Å². The summed E-state index contributed by atoms with van der Waals surface area (Å²) in [7, 11) is 0. The van der Waals surface area contributed by atoms with Crippen molar-refractivity contribution < 1.29 is 23.9 Å². The van der Waals surface area contributed by atoms with Gasteiger partial charge in [0.15, 0.2) is 0 Å². The van der Waals surface area contributed by atoms with Crippen LogP contribution in [0.1, 0.15) is 10.4 Å².